The molecule has 6 nitrogen and oxygen atoms in total. The summed E-state index contributed by atoms with van der Waals surface area (Å²) in [5.41, 5.74) is 1.71. The number of hydrogen-bond donors (Lipinski definition) is 0. The van der Waals surface area contributed by atoms with Crippen molar-refractivity contribution in [3.05, 3.63) is 93.4 Å². The van der Waals surface area contributed by atoms with E-state index in [1.807, 2.05) is 0 Å². The van der Waals surface area contributed by atoms with Crippen LogP contribution < -0.4 is 5.56 Å². The van der Waals surface area contributed by atoms with E-state index in [0.29, 0.717) is 23.3 Å². The molecule has 0 aliphatic rings. The molecule has 0 fully saturated rings. The van der Waals surface area contributed by atoms with Gasteiger partial charge >= 0.3 is 0 Å². The second kappa shape index (κ2) is 10.0. The zero-order valence-electron chi connectivity index (χ0n) is 19.3. The monoisotopic (exact) mass is 461 g/mol. The van der Waals surface area contributed by atoms with Crippen LogP contribution in [0.2, 0.25) is 0 Å². The maximum Gasteiger partial charge on any atom is 0.267 e. The van der Waals surface area contributed by atoms with Gasteiger partial charge in [0, 0.05) is 24.5 Å². The maximum atomic E-state index is 14.6. The summed E-state index contributed by atoms with van der Waals surface area (Å²) in [4.78, 5) is 28.6. The van der Waals surface area contributed by atoms with E-state index >= 15 is 0 Å². The maximum absolute atomic E-state index is 14.6. The van der Waals surface area contributed by atoms with Crippen LogP contribution in [0.5, 0.6) is 0 Å². The van der Waals surface area contributed by atoms with E-state index in [0.717, 1.165) is 24.7 Å². The lowest BCUT2D eigenvalue weighted by molar-refractivity contribution is 0.296. The largest absolute Gasteiger partial charge is 0.300 e. The van der Waals surface area contributed by atoms with Crippen molar-refractivity contribution in [1.29, 1.82) is 0 Å². The highest BCUT2D eigenvalue weighted by molar-refractivity contribution is 5.80. The average molecular weight is 462 g/mol. The molecule has 4 rings (SSSR count). The summed E-state index contributed by atoms with van der Waals surface area (Å²) >= 11 is 0. The number of rotatable bonds is 7. The van der Waals surface area contributed by atoms with Crippen molar-refractivity contribution in [3.63, 3.8) is 0 Å². The number of benzene rings is 2. The predicted molar refractivity (Wildman–Crippen MR) is 130 cm³/mol. The van der Waals surface area contributed by atoms with Gasteiger partial charge in [-0.25, -0.2) is 23.3 Å². The fourth-order valence-corrected chi connectivity index (χ4v) is 3.80. The lowest BCUT2D eigenvalue weighted by atomic mass is 10.1. The van der Waals surface area contributed by atoms with Crippen molar-refractivity contribution in [1.82, 2.24) is 24.4 Å². The minimum absolute atomic E-state index is 0.120. The van der Waals surface area contributed by atoms with Gasteiger partial charge < -0.3 is 0 Å². The van der Waals surface area contributed by atoms with Gasteiger partial charge in [-0.15, -0.1) is 0 Å². The summed E-state index contributed by atoms with van der Waals surface area (Å²) in [6.07, 6.45) is 6.14. The number of halogens is 2. The van der Waals surface area contributed by atoms with Gasteiger partial charge in [0.25, 0.3) is 5.56 Å². The summed E-state index contributed by atoms with van der Waals surface area (Å²) in [6.45, 7) is 8.37. The minimum atomic E-state index is -0.538. The number of aryl methyl sites for hydroxylation is 1. The highest BCUT2D eigenvalue weighted by atomic mass is 19.1. The Kier molecular flexibility index (Phi) is 6.88. The molecule has 0 radical (unpaired) electrons. The summed E-state index contributed by atoms with van der Waals surface area (Å²) in [5.74, 6) is -0.404. The van der Waals surface area contributed by atoms with Gasteiger partial charge in [0.15, 0.2) is 5.82 Å². The highest BCUT2D eigenvalue weighted by Gasteiger charge is 2.15. The van der Waals surface area contributed by atoms with Gasteiger partial charge in [-0.05, 0) is 68.1 Å². The predicted octanol–water partition coefficient (Wildman–Crippen LogP) is 4.77. The molecule has 2 aromatic heterocycles. The van der Waals surface area contributed by atoms with Crippen LogP contribution in [0, 0.1) is 18.6 Å². The molecule has 8 heteroatoms. The molecular formula is C26H25F2N5O. The molecular weight excluding hydrogens is 436 g/mol. The first-order chi connectivity index (χ1) is 16.4. The Morgan fingerprint density at radius 2 is 1.76 bits per heavy atom. The van der Waals surface area contributed by atoms with Crippen molar-refractivity contribution in [2.24, 2.45) is 0 Å². The Morgan fingerprint density at radius 3 is 2.50 bits per heavy atom. The van der Waals surface area contributed by atoms with E-state index in [4.69, 9.17) is 0 Å². The standard InChI is InChI=1S/C26H25F2N5O/c1-4-32(5-2)16-18-6-9-22(28)19(14-18)7-11-24-31-23-10-8-20(27)15-21(23)26(34)33(24)25-17(3)29-12-13-30-25/h6-15H,4-5,16H2,1-3H3/b11-7+. The Labute approximate surface area is 196 Å². The van der Waals surface area contributed by atoms with E-state index in [9.17, 15) is 13.6 Å². The molecule has 0 saturated carbocycles. The molecule has 2 aromatic carbocycles. The van der Waals surface area contributed by atoms with Gasteiger partial charge in [-0.3, -0.25) is 14.7 Å². The van der Waals surface area contributed by atoms with E-state index in [-0.39, 0.29) is 22.8 Å². The van der Waals surface area contributed by atoms with Crippen molar-refractivity contribution in [2.45, 2.75) is 27.3 Å². The van der Waals surface area contributed by atoms with Crippen molar-refractivity contribution in [2.75, 3.05) is 13.1 Å². The summed E-state index contributed by atoms with van der Waals surface area (Å²) in [7, 11) is 0. The first kappa shape index (κ1) is 23.4. The lowest BCUT2D eigenvalue weighted by Crippen LogP contribution is -2.24. The second-order valence-corrected chi connectivity index (χ2v) is 7.89. The third-order valence-corrected chi connectivity index (χ3v) is 5.70. The molecule has 0 atom stereocenters. The molecule has 0 amide bonds. The Bertz CT molecular complexity index is 1430. The number of hydrogen-bond acceptors (Lipinski definition) is 5. The zero-order chi connectivity index (χ0) is 24.2. The van der Waals surface area contributed by atoms with Crippen molar-refractivity contribution < 1.29 is 8.78 Å². The first-order valence-corrected chi connectivity index (χ1v) is 11.1. The van der Waals surface area contributed by atoms with Crippen LogP contribution in [0.1, 0.15) is 36.5 Å². The van der Waals surface area contributed by atoms with E-state index < -0.39 is 11.4 Å². The number of fused-ring (bicyclic) bond motifs is 1. The Hall–Kier alpha value is -3.78. The molecule has 0 saturated heterocycles. The summed E-state index contributed by atoms with van der Waals surface area (Å²) in [6, 6.07) is 8.84. The van der Waals surface area contributed by atoms with Crippen LogP contribution in [-0.2, 0) is 6.54 Å². The van der Waals surface area contributed by atoms with Gasteiger partial charge in [-0.2, -0.15) is 0 Å². The van der Waals surface area contributed by atoms with Crippen LogP contribution >= 0.6 is 0 Å². The molecule has 0 spiro atoms. The first-order valence-electron chi connectivity index (χ1n) is 11.1. The minimum Gasteiger partial charge on any atom is -0.300 e. The topological polar surface area (TPSA) is 63.9 Å². The zero-order valence-corrected chi connectivity index (χ0v) is 19.3. The molecule has 34 heavy (non-hydrogen) atoms. The Balaban J connectivity index is 1.85. The van der Waals surface area contributed by atoms with Crippen LogP contribution in [0.15, 0.2) is 53.6 Å². The van der Waals surface area contributed by atoms with Gasteiger partial charge in [0.2, 0.25) is 0 Å². The lowest BCUT2D eigenvalue weighted by Gasteiger charge is -2.18. The molecule has 4 aromatic rings. The van der Waals surface area contributed by atoms with E-state index in [1.165, 1.54) is 35.2 Å². The van der Waals surface area contributed by atoms with Gasteiger partial charge in [0.1, 0.15) is 17.5 Å². The molecule has 174 valence electrons. The third-order valence-electron chi connectivity index (χ3n) is 5.70. The average Bonchev–Trinajstić information content (AvgIpc) is 2.84. The SMILES string of the molecule is CCN(CC)Cc1ccc(F)c(/C=C/c2nc3ccc(F)cc3c(=O)n2-c2nccnc2C)c1. The van der Waals surface area contributed by atoms with Crippen molar-refractivity contribution in [3.8, 4) is 5.82 Å². The van der Waals surface area contributed by atoms with Crippen LogP contribution in [0.25, 0.3) is 28.9 Å². The van der Waals surface area contributed by atoms with E-state index in [1.54, 1.807) is 31.2 Å². The highest BCUT2D eigenvalue weighted by Crippen LogP contribution is 2.19. The van der Waals surface area contributed by atoms with Crippen LogP contribution in [0.4, 0.5) is 8.78 Å². The van der Waals surface area contributed by atoms with Crippen molar-refractivity contribution >= 4 is 23.1 Å². The second-order valence-electron chi connectivity index (χ2n) is 7.89. The fourth-order valence-electron chi connectivity index (χ4n) is 3.80. The van der Waals surface area contributed by atoms with E-state index in [2.05, 4.69) is 33.7 Å². The molecule has 0 bridgehead atoms. The summed E-state index contributed by atoms with van der Waals surface area (Å²) < 4.78 is 29.8. The normalized spacial score (nSPS) is 11.7. The molecule has 2 heterocycles. The number of nitrogens with zero attached hydrogens (tertiary/aromatic N) is 5. The van der Waals surface area contributed by atoms with Crippen LogP contribution in [-0.4, -0.2) is 37.5 Å². The third kappa shape index (κ3) is 4.77. The molecule has 0 aliphatic heterocycles. The molecule has 0 N–H and O–H groups in total. The van der Waals surface area contributed by atoms with Gasteiger partial charge in [-0.1, -0.05) is 19.9 Å². The number of aromatic nitrogens is 4. The Morgan fingerprint density at radius 1 is 1.00 bits per heavy atom. The smallest absolute Gasteiger partial charge is 0.267 e. The fraction of sp³-hybridized carbons (Fsp3) is 0.231. The van der Waals surface area contributed by atoms with Crippen LogP contribution in [0.3, 0.4) is 0 Å². The summed E-state index contributed by atoms with van der Waals surface area (Å²) in [5, 5.41) is 0.120. The molecule has 0 unspecified atom stereocenters. The quantitative estimate of drug-likeness (QED) is 0.397. The molecule has 0 aliphatic carbocycles. The van der Waals surface area contributed by atoms with Gasteiger partial charge in [0.05, 0.1) is 16.6 Å².